The third-order valence-corrected chi connectivity index (χ3v) is 4.30. The lowest BCUT2D eigenvalue weighted by molar-refractivity contribution is 0.0601. The molecule has 3 rings (SSSR count). The molecule has 7 heteroatoms. The lowest BCUT2D eigenvalue weighted by Gasteiger charge is -2.26. The van der Waals surface area contributed by atoms with E-state index in [1.165, 1.54) is 7.11 Å². The number of esters is 1. The number of nitrogens with one attached hydrogen (secondary N) is 1. The number of hydrogen-bond donors (Lipinski definition) is 1. The molecule has 1 aliphatic heterocycles. The number of methoxy groups -OCH3 is 1. The zero-order chi connectivity index (χ0) is 18.5. The van der Waals surface area contributed by atoms with Crippen LogP contribution in [0.25, 0.3) is 0 Å². The molecular formula is C19H22N4O3. The Morgan fingerprint density at radius 2 is 1.85 bits per heavy atom. The van der Waals surface area contributed by atoms with Gasteiger partial charge in [0.2, 0.25) is 5.95 Å². The van der Waals surface area contributed by atoms with Crippen LogP contribution in [-0.4, -0.2) is 46.9 Å². The van der Waals surface area contributed by atoms with Crippen LogP contribution in [0.1, 0.15) is 45.8 Å². The highest BCUT2D eigenvalue weighted by molar-refractivity contribution is 5.96. The van der Waals surface area contributed by atoms with Gasteiger partial charge in [-0.2, -0.15) is 0 Å². The average Bonchev–Trinajstić information content (AvgIpc) is 2.67. The number of aryl methyl sites for hydroxylation is 1. The number of rotatable bonds is 4. The molecule has 1 aliphatic rings. The van der Waals surface area contributed by atoms with E-state index in [1.54, 1.807) is 30.3 Å². The Hall–Kier alpha value is -2.96. The third-order valence-electron chi connectivity index (χ3n) is 4.30. The van der Waals surface area contributed by atoms with Gasteiger partial charge in [0.25, 0.3) is 5.91 Å². The van der Waals surface area contributed by atoms with Crippen molar-refractivity contribution >= 4 is 23.5 Å². The number of amides is 1. The molecule has 1 saturated heterocycles. The van der Waals surface area contributed by atoms with Crippen LogP contribution >= 0.6 is 0 Å². The number of hydrogen-bond acceptors (Lipinski definition) is 6. The number of aromatic nitrogens is 2. The minimum Gasteiger partial charge on any atom is -0.465 e. The highest BCUT2D eigenvalue weighted by atomic mass is 16.5. The Morgan fingerprint density at radius 1 is 1.12 bits per heavy atom. The standard InChI is InChI=1S/C19H22N4O3/c1-13-12-16(17(24)23-10-6-3-7-11-23)22-19(20-13)21-15-9-5-4-8-14(15)18(25)26-2/h4-5,8-9,12H,3,6-7,10-11H2,1-2H3,(H,20,21,22). The highest BCUT2D eigenvalue weighted by Gasteiger charge is 2.21. The topological polar surface area (TPSA) is 84.4 Å². The van der Waals surface area contributed by atoms with Crippen LogP contribution in [0.15, 0.2) is 30.3 Å². The Morgan fingerprint density at radius 3 is 2.58 bits per heavy atom. The summed E-state index contributed by atoms with van der Waals surface area (Å²) in [6.07, 6.45) is 3.20. The van der Waals surface area contributed by atoms with E-state index >= 15 is 0 Å². The summed E-state index contributed by atoms with van der Waals surface area (Å²) in [4.78, 5) is 35.2. The van der Waals surface area contributed by atoms with Crippen molar-refractivity contribution in [2.24, 2.45) is 0 Å². The molecule has 7 nitrogen and oxygen atoms in total. The molecule has 2 heterocycles. The van der Waals surface area contributed by atoms with E-state index in [0.717, 1.165) is 32.4 Å². The normalized spacial score (nSPS) is 14.0. The maximum Gasteiger partial charge on any atom is 0.339 e. The fourth-order valence-electron chi connectivity index (χ4n) is 2.99. The molecular weight excluding hydrogens is 332 g/mol. The molecule has 0 saturated carbocycles. The largest absolute Gasteiger partial charge is 0.465 e. The minimum absolute atomic E-state index is 0.0838. The summed E-state index contributed by atoms with van der Waals surface area (Å²) >= 11 is 0. The number of anilines is 2. The second-order valence-corrected chi connectivity index (χ2v) is 6.23. The van der Waals surface area contributed by atoms with Gasteiger partial charge >= 0.3 is 5.97 Å². The van der Waals surface area contributed by atoms with E-state index in [1.807, 2.05) is 11.8 Å². The predicted octanol–water partition coefficient (Wildman–Crippen LogP) is 2.94. The number of piperidine rings is 1. The molecule has 0 bridgehead atoms. The molecule has 26 heavy (non-hydrogen) atoms. The molecule has 0 aliphatic carbocycles. The van der Waals surface area contributed by atoms with Crippen LogP contribution in [0.5, 0.6) is 0 Å². The molecule has 136 valence electrons. The van der Waals surface area contributed by atoms with Crippen LogP contribution in [0.3, 0.4) is 0 Å². The number of likely N-dealkylation sites (tertiary alicyclic amines) is 1. The molecule has 1 amide bonds. The summed E-state index contributed by atoms with van der Waals surface area (Å²) in [7, 11) is 1.33. The Balaban J connectivity index is 1.87. The number of para-hydroxylation sites is 1. The third kappa shape index (κ3) is 3.99. The molecule has 1 aromatic carbocycles. The van der Waals surface area contributed by atoms with E-state index in [0.29, 0.717) is 22.6 Å². The van der Waals surface area contributed by atoms with Gasteiger partial charge in [-0.3, -0.25) is 4.79 Å². The van der Waals surface area contributed by atoms with Gasteiger partial charge in [-0.05, 0) is 44.4 Å². The van der Waals surface area contributed by atoms with Crippen molar-refractivity contribution in [2.45, 2.75) is 26.2 Å². The summed E-state index contributed by atoms with van der Waals surface area (Å²) in [6, 6.07) is 8.63. The molecule has 1 aromatic heterocycles. The van der Waals surface area contributed by atoms with Crippen molar-refractivity contribution in [3.05, 3.63) is 47.3 Å². The minimum atomic E-state index is -0.453. The van der Waals surface area contributed by atoms with Gasteiger partial charge in [-0.1, -0.05) is 12.1 Å². The van der Waals surface area contributed by atoms with Gasteiger partial charge in [0, 0.05) is 18.8 Å². The lowest BCUT2D eigenvalue weighted by atomic mass is 10.1. The van der Waals surface area contributed by atoms with Crippen LogP contribution in [-0.2, 0) is 4.74 Å². The summed E-state index contributed by atoms with van der Waals surface area (Å²) in [6.45, 7) is 3.33. The molecule has 0 spiro atoms. The van der Waals surface area contributed by atoms with Crippen molar-refractivity contribution in [3.8, 4) is 0 Å². The van der Waals surface area contributed by atoms with Gasteiger partial charge in [0.15, 0.2) is 0 Å². The van der Waals surface area contributed by atoms with Gasteiger partial charge in [0.05, 0.1) is 18.4 Å². The predicted molar refractivity (Wildman–Crippen MR) is 97.6 cm³/mol. The summed E-state index contributed by atoms with van der Waals surface area (Å²) in [5.74, 6) is -0.258. The van der Waals surface area contributed by atoms with E-state index in [9.17, 15) is 9.59 Å². The molecule has 1 fully saturated rings. The lowest BCUT2D eigenvalue weighted by Crippen LogP contribution is -2.36. The fourth-order valence-corrected chi connectivity index (χ4v) is 2.99. The molecule has 1 N–H and O–H groups in total. The summed E-state index contributed by atoms with van der Waals surface area (Å²) < 4.78 is 4.80. The van der Waals surface area contributed by atoms with Crippen molar-refractivity contribution in [3.63, 3.8) is 0 Å². The SMILES string of the molecule is COC(=O)c1ccccc1Nc1nc(C)cc(C(=O)N2CCCCC2)n1. The van der Waals surface area contributed by atoms with E-state index in [-0.39, 0.29) is 11.9 Å². The molecule has 0 unspecified atom stereocenters. The molecule has 2 aromatic rings. The number of nitrogens with zero attached hydrogens (tertiary/aromatic N) is 3. The Bertz CT molecular complexity index is 816. The summed E-state index contributed by atoms with van der Waals surface area (Å²) in [5.41, 5.74) is 1.95. The first-order valence-electron chi connectivity index (χ1n) is 8.68. The Labute approximate surface area is 152 Å². The monoisotopic (exact) mass is 354 g/mol. The van der Waals surface area contributed by atoms with Crippen LogP contribution in [0, 0.1) is 6.92 Å². The van der Waals surface area contributed by atoms with E-state index in [2.05, 4.69) is 15.3 Å². The first-order chi connectivity index (χ1) is 12.6. The van der Waals surface area contributed by atoms with Gasteiger partial charge < -0.3 is 15.0 Å². The smallest absolute Gasteiger partial charge is 0.339 e. The van der Waals surface area contributed by atoms with Crippen LogP contribution in [0.4, 0.5) is 11.6 Å². The number of carbonyl (C=O) groups excluding carboxylic acids is 2. The summed E-state index contributed by atoms with van der Waals surface area (Å²) in [5, 5.41) is 3.03. The maximum absolute atomic E-state index is 12.7. The average molecular weight is 354 g/mol. The first kappa shape index (κ1) is 17.8. The van der Waals surface area contributed by atoms with Crippen LogP contribution in [0.2, 0.25) is 0 Å². The second kappa shape index (κ2) is 7.95. The zero-order valence-electron chi connectivity index (χ0n) is 15.0. The number of carbonyl (C=O) groups is 2. The van der Waals surface area contributed by atoms with Crippen molar-refractivity contribution in [2.75, 3.05) is 25.5 Å². The van der Waals surface area contributed by atoms with Gasteiger partial charge in [-0.25, -0.2) is 14.8 Å². The van der Waals surface area contributed by atoms with Gasteiger partial charge in [-0.15, -0.1) is 0 Å². The maximum atomic E-state index is 12.7. The first-order valence-corrected chi connectivity index (χ1v) is 8.68. The van der Waals surface area contributed by atoms with Gasteiger partial charge in [0.1, 0.15) is 5.69 Å². The van der Waals surface area contributed by atoms with Crippen LogP contribution < -0.4 is 5.32 Å². The Kier molecular flexibility index (Phi) is 5.46. The fraction of sp³-hybridized carbons (Fsp3) is 0.368. The van der Waals surface area contributed by atoms with Crippen molar-refractivity contribution < 1.29 is 14.3 Å². The molecule has 0 atom stereocenters. The highest BCUT2D eigenvalue weighted by Crippen LogP contribution is 2.20. The van der Waals surface area contributed by atoms with Crippen molar-refractivity contribution in [1.82, 2.24) is 14.9 Å². The number of ether oxygens (including phenoxy) is 1. The van der Waals surface area contributed by atoms with Crippen molar-refractivity contribution in [1.29, 1.82) is 0 Å². The number of benzene rings is 1. The quantitative estimate of drug-likeness (QED) is 0.850. The van der Waals surface area contributed by atoms with E-state index < -0.39 is 5.97 Å². The zero-order valence-corrected chi connectivity index (χ0v) is 15.0. The van der Waals surface area contributed by atoms with E-state index in [4.69, 9.17) is 4.74 Å². The second-order valence-electron chi connectivity index (χ2n) is 6.23. The molecule has 0 radical (unpaired) electrons.